The van der Waals surface area contributed by atoms with E-state index in [0.717, 1.165) is 26.1 Å². The first-order chi connectivity index (χ1) is 8.26. The molecule has 1 N–H and O–H groups in total. The molecule has 1 aromatic rings. The Kier molecular flexibility index (Phi) is 3.86. The smallest absolute Gasteiger partial charge is 0.0948 e. The summed E-state index contributed by atoms with van der Waals surface area (Å²) < 4.78 is 2.27. The molecule has 0 saturated carbocycles. The van der Waals surface area contributed by atoms with Gasteiger partial charge in [-0.2, -0.15) is 0 Å². The van der Waals surface area contributed by atoms with Gasteiger partial charge in [-0.1, -0.05) is 6.92 Å². The molecule has 0 atom stereocenters. The molecule has 0 amide bonds. The molecular weight excluding hydrogens is 210 g/mol. The SMILES string of the molecule is CC#CCCn1cncc1C1(C)CCNCC1. The van der Waals surface area contributed by atoms with E-state index in [9.17, 15) is 0 Å². The highest BCUT2D eigenvalue weighted by molar-refractivity contribution is 5.15. The number of nitrogens with one attached hydrogen (secondary N) is 1. The van der Waals surface area contributed by atoms with E-state index in [2.05, 4.69) is 33.6 Å². The number of hydrogen-bond donors (Lipinski definition) is 1. The summed E-state index contributed by atoms with van der Waals surface area (Å²) in [4.78, 5) is 4.32. The molecule has 1 aromatic heterocycles. The Labute approximate surface area is 104 Å². The first-order valence-corrected chi connectivity index (χ1v) is 6.37. The quantitative estimate of drug-likeness (QED) is 0.806. The third-order valence-corrected chi connectivity index (χ3v) is 3.69. The predicted molar refractivity (Wildman–Crippen MR) is 69.7 cm³/mol. The van der Waals surface area contributed by atoms with E-state index in [0.29, 0.717) is 0 Å². The first-order valence-electron chi connectivity index (χ1n) is 6.37. The van der Waals surface area contributed by atoms with Crippen LogP contribution in [0, 0.1) is 11.8 Å². The summed E-state index contributed by atoms with van der Waals surface area (Å²) in [6.07, 6.45) is 7.27. The van der Waals surface area contributed by atoms with E-state index in [-0.39, 0.29) is 5.41 Å². The second-order valence-electron chi connectivity index (χ2n) is 4.96. The molecule has 0 spiro atoms. The van der Waals surface area contributed by atoms with Gasteiger partial charge in [0.15, 0.2) is 0 Å². The molecule has 0 bridgehead atoms. The maximum absolute atomic E-state index is 4.32. The number of aryl methyl sites for hydroxylation is 1. The average molecular weight is 231 g/mol. The largest absolute Gasteiger partial charge is 0.333 e. The highest BCUT2D eigenvalue weighted by Gasteiger charge is 2.31. The molecule has 2 rings (SSSR count). The number of hydrogen-bond acceptors (Lipinski definition) is 2. The number of aromatic nitrogens is 2. The summed E-state index contributed by atoms with van der Waals surface area (Å²) >= 11 is 0. The third-order valence-electron chi connectivity index (χ3n) is 3.69. The zero-order valence-electron chi connectivity index (χ0n) is 10.8. The average Bonchev–Trinajstić information content (AvgIpc) is 2.79. The van der Waals surface area contributed by atoms with Crippen LogP contribution in [-0.2, 0) is 12.0 Å². The molecule has 0 radical (unpaired) electrons. The van der Waals surface area contributed by atoms with Crippen LogP contribution in [0.1, 0.15) is 38.8 Å². The highest BCUT2D eigenvalue weighted by Crippen LogP contribution is 2.32. The Morgan fingerprint density at radius 1 is 1.47 bits per heavy atom. The van der Waals surface area contributed by atoms with Crippen molar-refractivity contribution in [3.05, 3.63) is 18.2 Å². The Bertz CT molecular complexity index is 416. The van der Waals surface area contributed by atoms with Crippen molar-refractivity contribution >= 4 is 0 Å². The van der Waals surface area contributed by atoms with Crippen LogP contribution in [0.2, 0.25) is 0 Å². The Hall–Kier alpha value is -1.27. The monoisotopic (exact) mass is 231 g/mol. The third kappa shape index (κ3) is 2.70. The first kappa shape index (κ1) is 12.2. The zero-order valence-corrected chi connectivity index (χ0v) is 10.8. The van der Waals surface area contributed by atoms with E-state index in [1.165, 1.54) is 18.5 Å². The molecule has 17 heavy (non-hydrogen) atoms. The number of piperidine rings is 1. The molecule has 3 heteroatoms. The van der Waals surface area contributed by atoms with E-state index < -0.39 is 0 Å². The van der Waals surface area contributed by atoms with Gasteiger partial charge < -0.3 is 9.88 Å². The summed E-state index contributed by atoms with van der Waals surface area (Å²) in [5, 5.41) is 3.42. The normalized spacial score (nSPS) is 18.5. The van der Waals surface area contributed by atoms with Crippen molar-refractivity contribution in [3.8, 4) is 11.8 Å². The molecular formula is C14H21N3. The van der Waals surface area contributed by atoms with Gasteiger partial charge >= 0.3 is 0 Å². The van der Waals surface area contributed by atoms with Gasteiger partial charge in [-0.25, -0.2) is 4.98 Å². The van der Waals surface area contributed by atoms with Gasteiger partial charge in [-0.05, 0) is 32.9 Å². The Morgan fingerprint density at radius 2 is 2.24 bits per heavy atom. The summed E-state index contributed by atoms with van der Waals surface area (Å²) in [6.45, 7) is 7.42. The molecule has 1 saturated heterocycles. The second-order valence-corrected chi connectivity index (χ2v) is 4.96. The van der Waals surface area contributed by atoms with Crippen molar-refractivity contribution in [3.63, 3.8) is 0 Å². The second kappa shape index (κ2) is 5.37. The maximum atomic E-state index is 4.32. The van der Waals surface area contributed by atoms with E-state index in [4.69, 9.17) is 0 Å². The summed E-state index contributed by atoms with van der Waals surface area (Å²) in [5.41, 5.74) is 1.65. The van der Waals surface area contributed by atoms with Crippen LogP contribution < -0.4 is 5.32 Å². The minimum Gasteiger partial charge on any atom is -0.333 e. The highest BCUT2D eigenvalue weighted by atomic mass is 15.1. The van der Waals surface area contributed by atoms with Gasteiger partial charge in [-0.3, -0.25) is 0 Å². The van der Waals surface area contributed by atoms with Crippen LogP contribution >= 0.6 is 0 Å². The molecule has 92 valence electrons. The number of nitrogens with zero attached hydrogens (tertiary/aromatic N) is 2. The van der Waals surface area contributed by atoms with Crippen molar-refractivity contribution in [2.75, 3.05) is 13.1 Å². The van der Waals surface area contributed by atoms with Gasteiger partial charge in [0.1, 0.15) is 0 Å². The molecule has 1 aliphatic rings. The van der Waals surface area contributed by atoms with Crippen LogP contribution in [0.25, 0.3) is 0 Å². The van der Waals surface area contributed by atoms with Gasteiger partial charge in [0.25, 0.3) is 0 Å². The summed E-state index contributed by atoms with van der Waals surface area (Å²) in [5.74, 6) is 6.06. The van der Waals surface area contributed by atoms with Gasteiger partial charge in [0.2, 0.25) is 0 Å². The maximum Gasteiger partial charge on any atom is 0.0948 e. The molecule has 1 fully saturated rings. The van der Waals surface area contributed by atoms with E-state index >= 15 is 0 Å². The van der Waals surface area contributed by atoms with Crippen molar-refractivity contribution in [1.82, 2.24) is 14.9 Å². The molecule has 0 aliphatic carbocycles. The minimum atomic E-state index is 0.279. The lowest BCUT2D eigenvalue weighted by molar-refractivity contribution is 0.317. The van der Waals surface area contributed by atoms with Crippen molar-refractivity contribution < 1.29 is 0 Å². The molecule has 0 aromatic carbocycles. The lowest BCUT2D eigenvalue weighted by atomic mass is 9.78. The fraction of sp³-hybridized carbons (Fsp3) is 0.643. The fourth-order valence-electron chi connectivity index (χ4n) is 2.54. The predicted octanol–water partition coefficient (Wildman–Crippen LogP) is 1.94. The van der Waals surface area contributed by atoms with Gasteiger partial charge in [0.05, 0.1) is 6.33 Å². The molecule has 2 heterocycles. The minimum absolute atomic E-state index is 0.279. The molecule has 3 nitrogen and oxygen atoms in total. The Balaban J connectivity index is 2.13. The van der Waals surface area contributed by atoms with Crippen molar-refractivity contribution in [1.29, 1.82) is 0 Å². The van der Waals surface area contributed by atoms with E-state index in [1.54, 1.807) is 0 Å². The van der Waals surface area contributed by atoms with Gasteiger partial charge in [0, 0.05) is 30.3 Å². The van der Waals surface area contributed by atoms with Crippen LogP contribution in [0.15, 0.2) is 12.5 Å². The fourth-order valence-corrected chi connectivity index (χ4v) is 2.54. The van der Waals surface area contributed by atoms with Crippen LogP contribution in [0.3, 0.4) is 0 Å². The van der Waals surface area contributed by atoms with E-state index in [1.807, 2.05) is 19.4 Å². The lowest BCUT2D eigenvalue weighted by Crippen LogP contribution is -2.39. The van der Waals surface area contributed by atoms with Crippen LogP contribution in [0.4, 0.5) is 0 Å². The Morgan fingerprint density at radius 3 is 2.94 bits per heavy atom. The van der Waals surface area contributed by atoms with Gasteiger partial charge in [-0.15, -0.1) is 11.8 Å². The summed E-state index contributed by atoms with van der Waals surface area (Å²) in [6, 6.07) is 0. The van der Waals surface area contributed by atoms with Crippen LogP contribution in [-0.4, -0.2) is 22.6 Å². The lowest BCUT2D eigenvalue weighted by Gasteiger charge is -2.34. The summed E-state index contributed by atoms with van der Waals surface area (Å²) in [7, 11) is 0. The molecule has 0 unspecified atom stereocenters. The molecule has 1 aliphatic heterocycles. The standard InChI is InChI=1S/C14H21N3/c1-3-4-5-10-17-12-16-11-13(17)14(2)6-8-15-9-7-14/h11-12,15H,5-10H2,1-2H3. The van der Waals surface area contributed by atoms with Crippen molar-refractivity contribution in [2.45, 2.75) is 45.1 Å². The van der Waals surface area contributed by atoms with Crippen molar-refractivity contribution in [2.24, 2.45) is 0 Å². The topological polar surface area (TPSA) is 29.9 Å². The van der Waals surface area contributed by atoms with Crippen LogP contribution in [0.5, 0.6) is 0 Å². The number of imidazole rings is 1. The number of rotatable bonds is 3. The zero-order chi connectivity index (χ0) is 12.1.